The molecule has 0 spiro atoms. The highest BCUT2D eigenvalue weighted by Gasteiger charge is 1.99. The van der Waals surface area contributed by atoms with Gasteiger partial charge in [0.25, 0.3) is 0 Å². The molecule has 1 aliphatic heterocycles. The summed E-state index contributed by atoms with van der Waals surface area (Å²) in [7, 11) is 1.61. The molecule has 0 atom stereocenters. The number of nitrogens with zero attached hydrogens (tertiary/aromatic N) is 1. The minimum absolute atomic E-state index is 0.725. The molecular formula is C4H7N2O. The second kappa shape index (κ2) is 1.84. The zero-order valence-corrected chi connectivity index (χ0v) is 4.14. The van der Waals surface area contributed by atoms with Gasteiger partial charge >= 0.3 is 0 Å². The molecule has 3 nitrogen and oxygen atoms in total. The zero-order valence-electron chi connectivity index (χ0n) is 4.14. The molecule has 0 aromatic heterocycles. The molecule has 1 N–H and O–H groups in total. The van der Waals surface area contributed by atoms with E-state index in [-0.39, 0.29) is 0 Å². The van der Waals surface area contributed by atoms with Crippen molar-refractivity contribution in [1.82, 2.24) is 10.9 Å². The molecule has 39 valence electrons. The molecule has 0 bridgehead atoms. The maximum atomic E-state index is 4.77. The van der Waals surface area contributed by atoms with Crippen LogP contribution in [0.5, 0.6) is 0 Å². The van der Waals surface area contributed by atoms with Crippen LogP contribution in [0.1, 0.15) is 0 Å². The Hall–Kier alpha value is -0.700. The van der Waals surface area contributed by atoms with Crippen LogP contribution in [0.25, 0.3) is 0 Å². The second-order valence-corrected chi connectivity index (χ2v) is 1.22. The molecule has 0 saturated carbocycles. The van der Waals surface area contributed by atoms with Gasteiger partial charge in [-0.15, -0.1) is 5.43 Å². The van der Waals surface area contributed by atoms with E-state index in [1.807, 2.05) is 6.08 Å². The Bertz CT molecular complexity index is 89.7. The van der Waals surface area contributed by atoms with Gasteiger partial charge in [-0.05, 0) is 6.08 Å². The minimum Gasteiger partial charge on any atom is -0.482 e. The fourth-order valence-electron chi connectivity index (χ4n) is 0.427. The van der Waals surface area contributed by atoms with Crippen molar-refractivity contribution in [2.75, 3.05) is 13.7 Å². The molecule has 0 amide bonds. The number of hydrogen-bond acceptors (Lipinski definition) is 2. The molecule has 0 unspecified atom stereocenters. The predicted molar refractivity (Wildman–Crippen MR) is 25.2 cm³/mol. The molecule has 1 aliphatic rings. The van der Waals surface area contributed by atoms with Crippen LogP contribution < -0.4 is 10.9 Å². The topological polar surface area (TPSA) is 35.4 Å². The van der Waals surface area contributed by atoms with Crippen LogP contribution in [0.3, 0.4) is 0 Å². The lowest BCUT2D eigenvalue weighted by atomic mass is 10.6. The Kier molecular flexibility index (Phi) is 1.17. The largest absolute Gasteiger partial charge is 0.482 e. The van der Waals surface area contributed by atoms with Gasteiger partial charge < -0.3 is 4.74 Å². The minimum atomic E-state index is 0.725. The fraction of sp³-hybridized carbons (Fsp3) is 0.500. The molecule has 0 aliphatic carbocycles. The monoisotopic (exact) mass is 99.1 g/mol. The normalized spacial score (nSPS) is 18.1. The smallest absolute Gasteiger partial charge is 0.199 e. The van der Waals surface area contributed by atoms with Crippen molar-refractivity contribution in [3.05, 3.63) is 12.0 Å². The van der Waals surface area contributed by atoms with Gasteiger partial charge in [-0.3, -0.25) is 5.43 Å². The summed E-state index contributed by atoms with van der Waals surface area (Å²) in [4.78, 5) is 0. The van der Waals surface area contributed by atoms with Gasteiger partial charge in [-0.2, -0.15) is 0 Å². The van der Waals surface area contributed by atoms with E-state index >= 15 is 0 Å². The van der Waals surface area contributed by atoms with Crippen LogP contribution in [0, 0.1) is 0 Å². The first-order chi connectivity index (χ1) is 3.43. The highest BCUT2D eigenvalue weighted by atomic mass is 16.5. The second-order valence-electron chi connectivity index (χ2n) is 1.22. The molecule has 1 heterocycles. The lowest BCUT2D eigenvalue weighted by Crippen LogP contribution is -2.16. The molecule has 3 heteroatoms. The Morgan fingerprint density at radius 3 is 3.14 bits per heavy atom. The lowest BCUT2D eigenvalue weighted by Gasteiger charge is -1.96. The van der Waals surface area contributed by atoms with Crippen molar-refractivity contribution in [2.24, 2.45) is 0 Å². The van der Waals surface area contributed by atoms with E-state index in [1.54, 1.807) is 7.11 Å². The number of rotatable bonds is 1. The Balaban J connectivity index is 2.36. The fourth-order valence-corrected chi connectivity index (χ4v) is 0.427. The average Bonchev–Trinajstić information content (AvgIpc) is 2.14. The van der Waals surface area contributed by atoms with Crippen LogP contribution in [0.15, 0.2) is 12.0 Å². The van der Waals surface area contributed by atoms with Crippen molar-refractivity contribution < 1.29 is 4.74 Å². The first-order valence-electron chi connectivity index (χ1n) is 2.10. The van der Waals surface area contributed by atoms with Crippen molar-refractivity contribution in [3.63, 3.8) is 0 Å². The third kappa shape index (κ3) is 0.838. The SMILES string of the molecule is COC1=CC[N]N1. The van der Waals surface area contributed by atoms with Crippen LogP contribution in [0.4, 0.5) is 0 Å². The highest BCUT2D eigenvalue weighted by Crippen LogP contribution is 1.91. The van der Waals surface area contributed by atoms with Gasteiger partial charge in [0.2, 0.25) is 0 Å². The van der Waals surface area contributed by atoms with E-state index in [0.717, 1.165) is 12.4 Å². The summed E-state index contributed by atoms with van der Waals surface area (Å²) in [5.41, 5.74) is 6.44. The average molecular weight is 99.1 g/mol. The molecule has 1 rings (SSSR count). The third-order valence-electron chi connectivity index (χ3n) is 0.777. The lowest BCUT2D eigenvalue weighted by molar-refractivity contribution is 0.260. The first-order valence-corrected chi connectivity index (χ1v) is 2.10. The van der Waals surface area contributed by atoms with E-state index in [9.17, 15) is 0 Å². The molecular weight excluding hydrogens is 92.1 g/mol. The van der Waals surface area contributed by atoms with E-state index in [2.05, 4.69) is 10.9 Å². The molecule has 0 saturated heterocycles. The molecule has 7 heavy (non-hydrogen) atoms. The van der Waals surface area contributed by atoms with Gasteiger partial charge in [0, 0.05) is 0 Å². The molecule has 0 aromatic carbocycles. The predicted octanol–water partition coefficient (Wildman–Crippen LogP) is -0.403. The van der Waals surface area contributed by atoms with Gasteiger partial charge in [-0.1, -0.05) is 0 Å². The Morgan fingerprint density at radius 2 is 2.86 bits per heavy atom. The van der Waals surface area contributed by atoms with E-state index in [1.165, 1.54) is 0 Å². The summed E-state index contributed by atoms with van der Waals surface area (Å²) in [5, 5.41) is 0. The molecule has 1 radical (unpaired) electrons. The first kappa shape index (κ1) is 4.46. The molecule has 0 aromatic rings. The third-order valence-corrected chi connectivity index (χ3v) is 0.777. The summed E-state index contributed by atoms with van der Waals surface area (Å²) in [5.74, 6) is 0.750. The summed E-state index contributed by atoms with van der Waals surface area (Å²) in [6.45, 7) is 0.725. The number of ether oxygens (including phenoxy) is 1. The van der Waals surface area contributed by atoms with Crippen molar-refractivity contribution in [1.29, 1.82) is 0 Å². The summed E-state index contributed by atoms with van der Waals surface area (Å²) < 4.78 is 4.77. The van der Waals surface area contributed by atoms with Crippen molar-refractivity contribution in [2.45, 2.75) is 0 Å². The van der Waals surface area contributed by atoms with Crippen LogP contribution in [-0.2, 0) is 4.74 Å². The zero-order chi connectivity index (χ0) is 5.11. The molecule has 0 fully saturated rings. The van der Waals surface area contributed by atoms with Crippen molar-refractivity contribution in [3.8, 4) is 0 Å². The van der Waals surface area contributed by atoms with E-state index in [0.29, 0.717) is 0 Å². The van der Waals surface area contributed by atoms with Gasteiger partial charge in [0.05, 0.1) is 13.7 Å². The number of hydrogen-bond donors (Lipinski definition) is 1. The maximum Gasteiger partial charge on any atom is 0.199 e. The van der Waals surface area contributed by atoms with Gasteiger partial charge in [0.15, 0.2) is 5.88 Å². The quantitative estimate of drug-likeness (QED) is 0.485. The van der Waals surface area contributed by atoms with Crippen LogP contribution in [-0.4, -0.2) is 13.7 Å². The number of methoxy groups -OCH3 is 1. The summed E-state index contributed by atoms with van der Waals surface area (Å²) >= 11 is 0. The van der Waals surface area contributed by atoms with Gasteiger partial charge in [0.1, 0.15) is 0 Å². The number of nitrogens with one attached hydrogen (secondary N) is 1. The Labute approximate surface area is 42.3 Å². The summed E-state index contributed by atoms with van der Waals surface area (Å²) in [6.07, 6.45) is 1.88. The van der Waals surface area contributed by atoms with Crippen LogP contribution >= 0.6 is 0 Å². The van der Waals surface area contributed by atoms with Gasteiger partial charge in [-0.25, -0.2) is 0 Å². The van der Waals surface area contributed by atoms with Crippen molar-refractivity contribution >= 4 is 0 Å². The van der Waals surface area contributed by atoms with E-state index in [4.69, 9.17) is 4.74 Å². The van der Waals surface area contributed by atoms with Crippen LogP contribution in [0.2, 0.25) is 0 Å². The Morgan fingerprint density at radius 1 is 2.00 bits per heavy atom. The van der Waals surface area contributed by atoms with E-state index < -0.39 is 0 Å². The maximum absolute atomic E-state index is 4.77. The highest BCUT2D eigenvalue weighted by molar-refractivity contribution is 4.95. The summed E-state index contributed by atoms with van der Waals surface area (Å²) in [6, 6.07) is 0. The standard InChI is InChI=1S/C4H7N2O/c1-7-4-2-3-5-6-4/h2,6H,3H2,1H3.